The number of piperazine rings is 2. The number of alkyl halides is 3. The second-order valence-electron chi connectivity index (χ2n) is 14.7. The molecule has 12 nitrogen and oxygen atoms in total. The van der Waals surface area contributed by atoms with Gasteiger partial charge in [-0.05, 0) is 55.5 Å². The molecule has 3 aliphatic heterocycles. The molecule has 15 heteroatoms. The summed E-state index contributed by atoms with van der Waals surface area (Å²) in [7, 11) is 3.43. The van der Waals surface area contributed by atoms with E-state index in [0.29, 0.717) is 62.6 Å². The predicted octanol–water partition coefficient (Wildman–Crippen LogP) is 4.69. The van der Waals surface area contributed by atoms with Gasteiger partial charge in [-0.3, -0.25) is 9.69 Å². The number of rotatable bonds is 12. The highest BCUT2D eigenvalue weighted by molar-refractivity contribution is 5.95. The molecule has 1 amide bonds. The lowest BCUT2D eigenvalue weighted by molar-refractivity contribution is -0.243. The summed E-state index contributed by atoms with van der Waals surface area (Å²) in [5.74, 6) is 0.490. The normalized spacial score (nSPS) is 21.0. The highest BCUT2D eigenvalue weighted by atomic mass is 19.4. The molecule has 4 aliphatic rings. The van der Waals surface area contributed by atoms with E-state index < -0.39 is 19.1 Å². The van der Waals surface area contributed by atoms with E-state index in [2.05, 4.69) is 39.3 Å². The number of fused-ring (bicyclic) bond motifs is 2. The molecular formula is C39H47F3N8O4. The number of anilines is 2. The first kappa shape index (κ1) is 37.8. The van der Waals surface area contributed by atoms with Crippen molar-refractivity contribution in [1.29, 1.82) is 5.26 Å². The summed E-state index contributed by atoms with van der Waals surface area (Å²) < 4.78 is 59.6. The third kappa shape index (κ3) is 7.84. The van der Waals surface area contributed by atoms with Crippen LogP contribution in [0.5, 0.6) is 6.01 Å². The van der Waals surface area contributed by atoms with Crippen molar-refractivity contribution < 1.29 is 32.2 Å². The minimum atomic E-state index is -4.66. The van der Waals surface area contributed by atoms with Crippen molar-refractivity contribution in [3.05, 3.63) is 65.9 Å². The predicted molar refractivity (Wildman–Crippen MR) is 197 cm³/mol. The van der Waals surface area contributed by atoms with Crippen molar-refractivity contribution in [3.63, 3.8) is 0 Å². The fraction of sp³-hybridized carbons (Fsp3) is 0.538. The zero-order valence-corrected chi connectivity index (χ0v) is 30.9. The topological polar surface area (TPSA) is 111 Å². The third-order valence-electron chi connectivity index (χ3n) is 11.2. The van der Waals surface area contributed by atoms with E-state index in [-0.39, 0.29) is 35.5 Å². The Morgan fingerprint density at radius 1 is 1.09 bits per heavy atom. The number of ether oxygens (including phenoxy) is 3. The molecule has 0 N–H and O–H groups in total. The molecule has 1 aromatic heterocycles. The van der Waals surface area contributed by atoms with E-state index in [1.165, 1.54) is 19.3 Å². The van der Waals surface area contributed by atoms with Crippen LogP contribution in [0.15, 0.2) is 49.1 Å². The molecule has 2 atom stereocenters. The molecule has 3 aromatic rings. The average Bonchev–Trinajstić information content (AvgIpc) is 3.97. The minimum Gasteiger partial charge on any atom is -0.461 e. The van der Waals surface area contributed by atoms with Gasteiger partial charge >= 0.3 is 12.2 Å². The fourth-order valence-electron chi connectivity index (χ4n) is 8.07. The fourth-order valence-corrected chi connectivity index (χ4v) is 8.07. The first-order valence-electron chi connectivity index (χ1n) is 18.5. The van der Waals surface area contributed by atoms with E-state index >= 15 is 0 Å². The largest absolute Gasteiger partial charge is 0.461 e. The Bertz CT molecular complexity index is 1890. The van der Waals surface area contributed by atoms with Gasteiger partial charge in [0, 0.05) is 76.1 Å². The zero-order chi connectivity index (χ0) is 38.0. The first-order chi connectivity index (χ1) is 26.0. The standard InChI is InChI=1S/C39H47F3N8O4/c1-4-34(51)50-20-17-48(23-29(50)9-13-43)36-31-10-14-47(24-32(31)44-37(45-36)53-25-38(11-12-38)49-18-15-46(2)16-19-49)33-22-28(21-27-7-5-6-8-30(27)33)35(39(40,41)42)54-26-52-3/h4-8,21-22,29,35H,1,9-12,14-20,23-26H2,2-3H3/t29-,35?/m0/s1. The molecule has 3 fully saturated rings. The van der Waals surface area contributed by atoms with Gasteiger partial charge in [0.05, 0.1) is 36.3 Å². The quantitative estimate of drug-likeness (QED) is 0.190. The number of hydrogen-bond acceptors (Lipinski definition) is 11. The van der Waals surface area contributed by atoms with Gasteiger partial charge in [0.2, 0.25) is 5.91 Å². The van der Waals surface area contributed by atoms with Crippen LogP contribution in [0.3, 0.4) is 0 Å². The van der Waals surface area contributed by atoms with E-state index in [9.17, 15) is 23.2 Å². The smallest absolute Gasteiger partial charge is 0.418 e. The lowest BCUT2D eigenvalue weighted by Gasteiger charge is -2.42. The second kappa shape index (κ2) is 15.7. The first-order valence-corrected chi connectivity index (χ1v) is 18.5. The maximum Gasteiger partial charge on any atom is 0.418 e. The second-order valence-corrected chi connectivity index (χ2v) is 14.7. The number of nitrogens with zero attached hydrogens (tertiary/aromatic N) is 8. The summed E-state index contributed by atoms with van der Waals surface area (Å²) in [6.45, 7) is 9.62. The van der Waals surface area contributed by atoms with Gasteiger partial charge < -0.3 is 33.8 Å². The summed E-state index contributed by atoms with van der Waals surface area (Å²) >= 11 is 0. The van der Waals surface area contributed by atoms with Crippen LogP contribution in [-0.2, 0) is 27.2 Å². The van der Waals surface area contributed by atoms with Crippen LogP contribution >= 0.6 is 0 Å². The Kier molecular flexibility index (Phi) is 11.0. The number of methoxy groups -OCH3 is 1. The summed E-state index contributed by atoms with van der Waals surface area (Å²) in [5, 5.41) is 11.1. The SMILES string of the molecule is C=CC(=O)N1CCN(c2nc(OCC3(N4CCN(C)CC4)CC3)nc3c2CCN(c2cc(C(OCOC)C(F)(F)F)cc4ccccc24)C3)C[C@@H]1CC#N. The average molecular weight is 749 g/mol. The van der Waals surface area contributed by atoms with Crippen molar-refractivity contribution >= 4 is 28.2 Å². The van der Waals surface area contributed by atoms with Gasteiger partial charge in [0.1, 0.15) is 19.2 Å². The summed E-state index contributed by atoms with van der Waals surface area (Å²) in [6, 6.07) is 12.6. The molecule has 1 aliphatic carbocycles. The number of amides is 1. The Labute approximate surface area is 313 Å². The van der Waals surface area contributed by atoms with Gasteiger partial charge in [0.25, 0.3) is 0 Å². The van der Waals surface area contributed by atoms with Crippen LogP contribution < -0.4 is 14.5 Å². The Balaban J connectivity index is 1.23. The van der Waals surface area contributed by atoms with Gasteiger partial charge in [-0.15, -0.1) is 0 Å². The number of halogens is 3. The molecular weight excluding hydrogens is 701 g/mol. The monoisotopic (exact) mass is 748 g/mol. The number of likely N-dealkylation sites (N-methyl/N-ethyl adjacent to an activating group) is 1. The zero-order valence-electron chi connectivity index (χ0n) is 30.9. The molecule has 1 saturated carbocycles. The molecule has 0 spiro atoms. The highest BCUT2D eigenvalue weighted by Crippen LogP contribution is 2.44. The molecule has 0 bridgehead atoms. The summed E-state index contributed by atoms with van der Waals surface area (Å²) in [6.07, 6.45) is -2.80. The van der Waals surface area contributed by atoms with E-state index in [4.69, 9.17) is 24.2 Å². The number of aromatic nitrogens is 2. The summed E-state index contributed by atoms with van der Waals surface area (Å²) in [5.41, 5.74) is 2.23. The van der Waals surface area contributed by atoms with Crippen LogP contribution in [-0.4, -0.2) is 128 Å². The van der Waals surface area contributed by atoms with E-state index in [1.807, 2.05) is 12.1 Å². The van der Waals surface area contributed by atoms with Gasteiger partial charge in [-0.2, -0.15) is 28.4 Å². The van der Waals surface area contributed by atoms with Crippen molar-refractivity contribution in [2.24, 2.45) is 0 Å². The van der Waals surface area contributed by atoms with Gasteiger partial charge in [-0.25, -0.2) is 0 Å². The Morgan fingerprint density at radius 2 is 1.87 bits per heavy atom. The molecule has 2 saturated heterocycles. The van der Waals surface area contributed by atoms with Gasteiger partial charge in [0.15, 0.2) is 6.10 Å². The van der Waals surface area contributed by atoms with Crippen LogP contribution in [0.1, 0.15) is 42.2 Å². The van der Waals surface area contributed by atoms with E-state index in [1.54, 1.807) is 23.1 Å². The molecule has 7 rings (SSSR count). The van der Waals surface area contributed by atoms with Crippen molar-refractivity contribution in [1.82, 2.24) is 24.7 Å². The number of carbonyl (C=O) groups is 1. The molecule has 4 heterocycles. The lowest BCUT2D eigenvalue weighted by atomic mass is 9.98. The number of carbonyl (C=O) groups excluding carboxylic acids is 1. The van der Waals surface area contributed by atoms with Crippen molar-refractivity contribution in [2.45, 2.75) is 56.1 Å². The third-order valence-corrected chi connectivity index (χ3v) is 11.2. The number of benzene rings is 2. The van der Waals surface area contributed by atoms with Crippen LogP contribution in [0.2, 0.25) is 0 Å². The summed E-state index contributed by atoms with van der Waals surface area (Å²) in [4.78, 5) is 33.4. The molecule has 2 aromatic carbocycles. The lowest BCUT2D eigenvalue weighted by Crippen LogP contribution is -2.55. The molecule has 288 valence electrons. The molecule has 54 heavy (non-hydrogen) atoms. The maximum atomic E-state index is 14.3. The van der Waals surface area contributed by atoms with Crippen LogP contribution in [0.4, 0.5) is 24.7 Å². The number of hydrogen-bond donors (Lipinski definition) is 0. The van der Waals surface area contributed by atoms with Crippen LogP contribution in [0.25, 0.3) is 10.8 Å². The molecule has 1 unspecified atom stereocenters. The minimum absolute atomic E-state index is 0.0134. The molecule has 0 radical (unpaired) electrons. The van der Waals surface area contributed by atoms with Crippen molar-refractivity contribution in [3.8, 4) is 12.1 Å². The Hall–Kier alpha value is -4.49. The maximum absolute atomic E-state index is 14.3. The van der Waals surface area contributed by atoms with Crippen LogP contribution in [0, 0.1) is 11.3 Å². The van der Waals surface area contributed by atoms with Gasteiger partial charge in [-0.1, -0.05) is 30.8 Å². The van der Waals surface area contributed by atoms with Crippen molar-refractivity contribution in [2.75, 3.05) is 89.7 Å². The van der Waals surface area contributed by atoms with E-state index in [0.717, 1.165) is 55.7 Å². The highest BCUT2D eigenvalue weighted by Gasteiger charge is 2.49. The number of nitriles is 1. The Morgan fingerprint density at radius 3 is 2.57 bits per heavy atom.